The van der Waals surface area contributed by atoms with E-state index in [-0.39, 0.29) is 12.0 Å². The number of carbonyl (C=O) groups is 2. The SMILES string of the molecule is COC(=O)N1CCN(CCNC(=O)c2cn(C)nn2)CC1. The second-order valence-corrected chi connectivity index (χ2v) is 4.83. The first-order valence-corrected chi connectivity index (χ1v) is 6.80. The Hall–Kier alpha value is -2.16. The molecule has 9 heteroatoms. The van der Waals surface area contributed by atoms with Crippen LogP contribution in [0.5, 0.6) is 0 Å². The number of carbonyl (C=O) groups excluding carboxylic acids is 2. The summed E-state index contributed by atoms with van der Waals surface area (Å²) in [5.74, 6) is -0.226. The van der Waals surface area contributed by atoms with Gasteiger partial charge in [0.2, 0.25) is 0 Å². The lowest BCUT2D eigenvalue weighted by Gasteiger charge is -2.33. The van der Waals surface area contributed by atoms with Gasteiger partial charge in [0.25, 0.3) is 5.91 Å². The van der Waals surface area contributed by atoms with E-state index < -0.39 is 0 Å². The lowest BCUT2D eigenvalue weighted by atomic mass is 10.3. The van der Waals surface area contributed by atoms with Crippen molar-refractivity contribution in [2.75, 3.05) is 46.4 Å². The van der Waals surface area contributed by atoms with Gasteiger partial charge in [0.05, 0.1) is 13.3 Å². The van der Waals surface area contributed by atoms with Crippen molar-refractivity contribution in [1.29, 1.82) is 0 Å². The molecule has 0 saturated carbocycles. The molecule has 1 saturated heterocycles. The van der Waals surface area contributed by atoms with E-state index in [0.29, 0.717) is 25.3 Å². The van der Waals surface area contributed by atoms with Crippen LogP contribution >= 0.6 is 0 Å². The molecule has 1 aliphatic rings. The number of aryl methyl sites for hydroxylation is 1. The van der Waals surface area contributed by atoms with E-state index in [1.807, 2.05) is 0 Å². The molecule has 1 aliphatic heterocycles. The highest BCUT2D eigenvalue weighted by molar-refractivity contribution is 5.91. The van der Waals surface area contributed by atoms with Crippen LogP contribution in [0.2, 0.25) is 0 Å². The Balaban J connectivity index is 1.66. The number of piperazine rings is 1. The first-order valence-electron chi connectivity index (χ1n) is 6.80. The Morgan fingerprint density at radius 3 is 2.62 bits per heavy atom. The van der Waals surface area contributed by atoms with Gasteiger partial charge in [0.15, 0.2) is 5.69 Å². The van der Waals surface area contributed by atoms with Crippen LogP contribution < -0.4 is 5.32 Å². The van der Waals surface area contributed by atoms with Crippen molar-refractivity contribution in [1.82, 2.24) is 30.1 Å². The number of hydrogen-bond acceptors (Lipinski definition) is 6. The number of nitrogens with one attached hydrogen (secondary N) is 1. The molecule has 2 heterocycles. The average molecular weight is 296 g/mol. The minimum absolute atomic E-state index is 0.226. The largest absolute Gasteiger partial charge is 0.453 e. The minimum Gasteiger partial charge on any atom is -0.453 e. The van der Waals surface area contributed by atoms with Crippen LogP contribution in [0.25, 0.3) is 0 Å². The first-order chi connectivity index (χ1) is 10.1. The van der Waals surface area contributed by atoms with Crippen LogP contribution in [0.3, 0.4) is 0 Å². The maximum atomic E-state index is 11.8. The summed E-state index contributed by atoms with van der Waals surface area (Å²) in [5, 5.41) is 10.3. The lowest BCUT2D eigenvalue weighted by molar-refractivity contribution is 0.0883. The quantitative estimate of drug-likeness (QED) is 0.760. The van der Waals surface area contributed by atoms with Crippen LogP contribution in [-0.2, 0) is 11.8 Å². The third-order valence-electron chi connectivity index (χ3n) is 3.35. The van der Waals surface area contributed by atoms with Crippen molar-refractivity contribution in [2.24, 2.45) is 7.05 Å². The van der Waals surface area contributed by atoms with Crippen molar-refractivity contribution in [3.63, 3.8) is 0 Å². The fourth-order valence-electron chi connectivity index (χ4n) is 2.15. The molecule has 0 aromatic carbocycles. The Bertz CT molecular complexity index is 495. The van der Waals surface area contributed by atoms with E-state index in [9.17, 15) is 9.59 Å². The van der Waals surface area contributed by atoms with Gasteiger partial charge in [-0.05, 0) is 0 Å². The van der Waals surface area contributed by atoms with Crippen molar-refractivity contribution in [3.05, 3.63) is 11.9 Å². The van der Waals surface area contributed by atoms with E-state index in [0.717, 1.165) is 19.6 Å². The summed E-state index contributed by atoms with van der Waals surface area (Å²) < 4.78 is 6.17. The number of rotatable bonds is 4. The number of amides is 2. The average Bonchev–Trinajstić information content (AvgIpc) is 2.94. The molecule has 1 aromatic rings. The van der Waals surface area contributed by atoms with Crippen molar-refractivity contribution >= 4 is 12.0 Å². The molecular formula is C12H20N6O3. The van der Waals surface area contributed by atoms with Crippen molar-refractivity contribution < 1.29 is 14.3 Å². The molecule has 1 fully saturated rings. The zero-order valence-corrected chi connectivity index (χ0v) is 12.3. The number of aromatic nitrogens is 3. The molecule has 0 radical (unpaired) electrons. The molecule has 116 valence electrons. The van der Waals surface area contributed by atoms with Gasteiger partial charge >= 0.3 is 6.09 Å². The van der Waals surface area contributed by atoms with Gasteiger partial charge < -0.3 is 15.0 Å². The van der Waals surface area contributed by atoms with Gasteiger partial charge in [0, 0.05) is 46.3 Å². The monoisotopic (exact) mass is 296 g/mol. The van der Waals surface area contributed by atoms with Gasteiger partial charge in [-0.1, -0.05) is 5.21 Å². The predicted molar refractivity (Wildman–Crippen MR) is 73.8 cm³/mol. The number of hydrogen-bond donors (Lipinski definition) is 1. The number of nitrogens with zero attached hydrogens (tertiary/aromatic N) is 5. The summed E-state index contributed by atoms with van der Waals surface area (Å²) in [6, 6.07) is 0. The topological polar surface area (TPSA) is 92.6 Å². The van der Waals surface area contributed by atoms with Gasteiger partial charge in [-0.25, -0.2) is 4.79 Å². The number of ether oxygens (including phenoxy) is 1. The number of methoxy groups -OCH3 is 1. The molecule has 1 aromatic heterocycles. The van der Waals surface area contributed by atoms with E-state index in [2.05, 4.69) is 25.3 Å². The zero-order chi connectivity index (χ0) is 15.2. The molecule has 2 rings (SSSR count). The van der Waals surface area contributed by atoms with Gasteiger partial charge in [-0.15, -0.1) is 5.10 Å². The highest BCUT2D eigenvalue weighted by Crippen LogP contribution is 2.02. The highest BCUT2D eigenvalue weighted by atomic mass is 16.5. The Morgan fingerprint density at radius 1 is 1.33 bits per heavy atom. The van der Waals surface area contributed by atoms with E-state index in [4.69, 9.17) is 0 Å². The van der Waals surface area contributed by atoms with E-state index in [1.54, 1.807) is 18.1 Å². The fraction of sp³-hybridized carbons (Fsp3) is 0.667. The maximum absolute atomic E-state index is 11.8. The van der Waals surface area contributed by atoms with Crippen LogP contribution in [0.15, 0.2) is 6.20 Å². The summed E-state index contributed by atoms with van der Waals surface area (Å²) in [4.78, 5) is 27.0. The van der Waals surface area contributed by atoms with Crippen molar-refractivity contribution in [2.45, 2.75) is 0 Å². The molecule has 0 spiro atoms. The second kappa shape index (κ2) is 7.02. The smallest absolute Gasteiger partial charge is 0.409 e. The highest BCUT2D eigenvalue weighted by Gasteiger charge is 2.21. The Morgan fingerprint density at radius 2 is 2.05 bits per heavy atom. The normalized spacial score (nSPS) is 15.8. The van der Waals surface area contributed by atoms with E-state index >= 15 is 0 Å². The second-order valence-electron chi connectivity index (χ2n) is 4.83. The van der Waals surface area contributed by atoms with Crippen LogP contribution in [0.4, 0.5) is 4.79 Å². The minimum atomic E-state index is -0.286. The molecule has 21 heavy (non-hydrogen) atoms. The third kappa shape index (κ3) is 4.15. The molecular weight excluding hydrogens is 276 g/mol. The van der Waals surface area contributed by atoms with Gasteiger partial charge in [-0.3, -0.25) is 14.4 Å². The Kier molecular flexibility index (Phi) is 5.09. The predicted octanol–water partition coefficient (Wildman–Crippen LogP) is -1.07. The third-order valence-corrected chi connectivity index (χ3v) is 3.35. The molecule has 9 nitrogen and oxygen atoms in total. The van der Waals surface area contributed by atoms with Crippen LogP contribution in [0, 0.1) is 0 Å². The molecule has 0 aliphatic carbocycles. The van der Waals surface area contributed by atoms with Gasteiger partial charge in [-0.2, -0.15) is 0 Å². The molecule has 0 unspecified atom stereocenters. The zero-order valence-electron chi connectivity index (χ0n) is 12.3. The van der Waals surface area contributed by atoms with E-state index in [1.165, 1.54) is 11.8 Å². The summed E-state index contributed by atoms with van der Waals surface area (Å²) in [6.45, 7) is 4.11. The maximum Gasteiger partial charge on any atom is 0.409 e. The van der Waals surface area contributed by atoms with Crippen LogP contribution in [0.1, 0.15) is 10.5 Å². The summed E-state index contributed by atoms with van der Waals surface area (Å²) >= 11 is 0. The standard InChI is InChI=1S/C12H20N6O3/c1-16-9-10(14-15-16)11(19)13-3-4-17-5-7-18(8-6-17)12(20)21-2/h9H,3-8H2,1-2H3,(H,13,19). The summed E-state index contributed by atoms with van der Waals surface area (Å²) in [7, 11) is 3.10. The van der Waals surface area contributed by atoms with Crippen LogP contribution in [-0.4, -0.2) is 83.2 Å². The summed E-state index contributed by atoms with van der Waals surface area (Å²) in [6.07, 6.45) is 1.29. The molecule has 2 amide bonds. The van der Waals surface area contributed by atoms with Gasteiger partial charge in [0.1, 0.15) is 0 Å². The first kappa shape index (κ1) is 15.2. The summed E-state index contributed by atoms with van der Waals surface area (Å²) in [5.41, 5.74) is 0.313. The molecule has 0 atom stereocenters. The lowest BCUT2D eigenvalue weighted by Crippen LogP contribution is -2.50. The fourth-order valence-corrected chi connectivity index (χ4v) is 2.15. The molecule has 1 N–H and O–H groups in total. The van der Waals surface area contributed by atoms with Crippen molar-refractivity contribution in [3.8, 4) is 0 Å². The molecule has 0 bridgehead atoms. The Labute approximate surface area is 122 Å².